The van der Waals surface area contributed by atoms with Gasteiger partial charge >= 0.3 is 6.18 Å². The van der Waals surface area contributed by atoms with Gasteiger partial charge in [-0.15, -0.1) is 5.10 Å². The number of alkyl halides is 3. The zero-order valence-corrected chi connectivity index (χ0v) is 25.2. The van der Waals surface area contributed by atoms with Crippen molar-refractivity contribution in [2.24, 2.45) is 0 Å². The number of aromatic nitrogens is 4. The number of pyridine rings is 1. The van der Waals surface area contributed by atoms with E-state index < -0.39 is 40.5 Å². The lowest BCUT2D eigenvalue weighted by molar-refractivity contribution is -0.138. The molecule has 2 fully saturated rings. The second-order valence-corrected chi connectivity index (χ2v) is 11.2. The summed E-state index contributed by atoms with van der Waals surface area (Å²) in [5, 5.41) is 13.0. The normalized spacial score (nSPS) is 16.7. The first-order valence-corrected chi connectivity index (χ1v) is 14.9. The molecule has 13 nitrogen and oxygen atoms in total. The predicted molar refractivity (Wildman–Crippen MR) is 160 cm³/mol. The zero-order valence-electron chi connectivity index (χ0n) is 25.2. The van der Waals surface area contributed by atoms with E-state index in [2.05, 4.69) is 35.7 Å². The molecule has 0 spiro atoms. The van der Waals surface area contributed by atoms with Gasteiger partial charge in [0.25, 0.3) is 11.8 Å². The number of likely N-dealkylation sites (N-methyl/N-ethyl adjacent to an activating group) is 1. The van der Waals surface area contributed by atoms with Gasteiger partial charge in [0.1, 0.15) is 5.69 Å². The first-order chi connectivity index (χ1) is 22.0. The molecule has 2 aliphatic rings. The van der Waals surface area contributed by atoms with Crippen LogP contribution in [0.3, 0.4) is 0 Å². The van der Waals surface area contributed by atoms with Crippen molar-refractivity contribution in [1.82, 2.24) is 35.1 Å². The summed E-state index contributed by atoms with van der Waals surface area (Å²) >= 11 is 0. The fourth-order valence-electron chi connectivity index (χ4n) is 5.37. The minimum absolute atomic E-state index is 0.00916. The molecular weight excluding hydrogens is 614 g/mol. The number of hydrogen-bond acceptors (Lipinski definition) is 9. The Balaban J connectivity index is 1.39. The van der Waals surface area contributed by atoms with E-state index in [9.17, 15) is 27.6 Å². The molecule has 0 unspecified atom stereocenters. The van der Waals surface area contributed by atoms with Crippen LogP contribution < -0.4 is 21.1 Å². The summed E-state index contributed by atoms with van der Waals surface area (Å²) in [6, 6.07) is 2.71. The smallest absolute Gasteiger partial charge is 0.379 e. The monoisotopic (exact) mass is 649 g/mol. The fraction of sp³-hybridized carbons (Fsp3) is 0.483. The molecule has 2 aromatic heterocycles. The van der Waals surface area contributed by atoms with Crippen LogP contribution >= 0.6 is 0 Å². The molecule has 3 N–H and O–H groups in total. The quantitative estimate of drug-likeness (QED) is 0.235. The second-order valence-electron chi connectivity index (χ2n) is 11.2. The lowest BCUT2D eigenvalue weighted by Gasteiger charge is -2.26. The highest BCUT2D eigenvalue weighted by Gasteiger charge is 2.36. The molecule has 17 heteroatoms. The van der Waals surface area contributed by atoms with Crippen molar-refractivity contribution >= 4 is 23.2 Å². The summed E-state index contributed by atoms with van der Waals surface area (Å²) in [6.45, 7) is 6.56. The summed E-state index contributed by atoms with van der Waals surface area (Å²) in [7, 11) is 1.94. The molecule has 0 bridgehead atoms. The summed E-state index contributed by atoms with van der Waals surface area (Å²) in [6.07, 6.45) is -1.64. The van der Waals surface area contributed by atoms with Crippen molar-refractivity contribution in [2.45, 2.75) is 19.0 Å². The molecule has 0 aliphatic carbocycles. The molecule has 2 aliphatic heterocycles. The second kappa shape index (κ2) is 14.4. The minimum Gasteiger partial charge on any atom is -0.379 e. The maximum absolute atomic E-state index is 15.7. The highest BCUT2D eigenvalue weighted by atomic mass is 19.4. The SMILES string of the molecule is CN1CCCN(c2cc(F)c(-n3cc(C(=O)NCCCN4CCOCC4)nn3)cc2NC(=O)c2c[nH]c(=O)cc2C(F)(F)F)CC1. The maximum atomic E-state index is 15.7. The van der Waals surface area contributed by atoms with Crippen LogP contribution in [0.15, 0.2) is 35.4 Å². The van der Waals surface area contributed by atoms with Crippen LogP contribution in [-0.2, 0) is 10.9 Å². The Morgan fingerprint density at radius 1 is 1.02 bits per heavy atom. The van der Waals surface area contributed by atoms with Crippen LogP contribution in [0.5, 0.6) is 0 Å². The van der Waals surface area contributed by atoms with Crippen molar-refractivity contribution in [3.05, 3.63) is 63.6 Å². The number of rotatable bonds is 9. The molecule has 0 atom stereocenters. The van der Waals surface area contributed by atoms with E-state index in [-0.39, 0.29) is 22.8 Å². The summed E-state index contributed by atoms with van der Waals surface area (Å²) in [4.78, 5) is 45.9. The van der Waals surface area contributed by atoms with E-state index >= 15 is 4.39 Å². The lowest BCUT2D eigenvalue weighted by Crippen LogP contribution is -2.38. The molecule has 2 saturated heterocycles. The van der Waals surface area contributed by atoms with E-state index in [0.717, 1.165) is 37.3 Å². The van der Waals surface area contributed by atoms with Crippen molar-refractivity contribution in [2.75, 3.05) is 82.8 Å². The van der Waals surface area contributed by atoms with E-state index in [1.807, 2.05) is 11.9 Å². The van der Waals surface area contributed by atoms with Gasteiger partial charge in [0.15, 0.2) is 11.5 Å². The van der Waals surface area contributed by atoms with E-state index in [0.29, 0.717) is 58.1 Å². The van der Waals surface area contributed by atoms with Crippen molar-refractivity contribution in [3.8, 4) is 5.69 Å². The molecule has 2 amide bonds. The third-order valence-corrected chi connectivity index (χ3v) is 7.86. The Hall–Kier alpha value is -4.35. The fourth-order valence-corrected chi connectivity index (χ4v) is 5.37. The molecule has 3 aromatic rings. The molecule has 248 valence electrons. The van der Waals surface area contributed by atoms with Crippen LogP contribution in [0, 0.1) is 5.82 Å². The van der Waals surface area contributed by atoms with Crippen molar-refractivity contribution in [3.63, 3.8) is 0 Å². The van der Waals surface area contributed by atoms with Gasteiger partial charge in [0.2, 0.25) is 5.56 Å². The highest BCUT2D eigenvalue weighted by Crippen LogP contribution is 2.34. The third kappa shape index (κ3) is 8.07. The van der Waals surface area contributed by atoms with E-state index in [1.54, 1.807) is 0 Å². The maximum Gasteiger partial charge on any atom is 0.417 e. The average molecular weight is 650 g/mol. The number of carbonyl (C=O) groups is 2. The number of amides is 2. The van der Waals surface area contributed by atoms with Crippen LogP contribution in [0.4, 0.5) is 28.9 Å². The number of hydrogen-bond donors (Lipinski definition) is 3. The Bertz CT molecular complexity index is 1600. The van der Waals surface area contributed by atoms with E-state index in [1.165, 1.54) is 18.3 Å². The van der Waals surface area contributed by atoms with E-state index in [4.69, 9.17) is 4.74 Å². The molecule has 0 saturated carbocycles. The average Bonchev–Trinajstić information content (AvgIpc) is 3.42. The molecular formula is C29H35F4N9O4. The largest absolute Gasteiger partial charge is 0.417 e. The van der Waals surface area contributed by atoms with Crippen molar-refractivity contribution < 1.29 is 31.9 Å². The summed E-state index contributed by atoms with van der Waals surface area (Å²) in [5.74, 6) is -2.43. The first kappa shape index (κ1) is 33.0. The van der Waals surface area contributed by atoms with Gasteiger partial charge in [-0.05, 0) is 39.0 Å². The van der Waals surface area contributed by atoms with Crippen LogP contribution in [0.25, 0.3) is 5.69 Å². The molecule has 5 rings (SSSR count). The number of morpholine rings is 1. The Morgan fingerprint density at radius 2 is 1.80 bits per heavy atom. The van der Waals surface area contributed by atoms with Crippen molar-refractivity contribution in [1.29, 1.82) is 0 Å². The van der Waals surface area contributed by atoms with Crippen LogP contribution in [0.2, 0.25) is 0 Å². The lowest BCUT2D eigenvalue weighted by atomic mass is 10.1. The Morgan fingerprint density at radius 3 is 2.57 bits per heavy atom. The number of anilines is 2. The van der Waals surface area contributed by atoms with Gasteiger partial charge in [-0.2, -0.15) is 13.2 Å². The molecule has 1 aromatic carbocycles. The van der Waals surface area contributed by atoms with Gasteiger partial charge in [-0.3, -0.25) is 19.3 Å². The number of nitrogens with zero attached hydrogens (tertiary/aromatic N) is 6. The number of carbonyl (C=O) groups excluding carboxylic acids is 2. The third-order valence-electron chi connectivity index (χ3n) is 7.86. The standard InChI is InChI=1S/C29H35F4N9O4/c1-39-5-3-7-41(9-8-39)25-15-21(30)24(16-22(25)36-27(44)19-17-35-26(43)14-20(19)29(31,32)33)42-18-23(37-38-42)28(45)34-4-2-6-40-10-12-46-13-11-40/h14-18H,2-13H2,1H3,(H,34,45)(H,35,43)(H,36,44). The van der Waals surface area contributed by atoms with Gasteiger partial charge in [0.05, 0.1) is 41.9 Å². The number of nitrogens with one attached hydrogen (secondary N) is 3. The van der Waals surface area contributed by atoms with Gasteiger partial charge < -0.3 is 30.2 Å². The predicted octanol–water partition coefficient (Wildman–Crippen LogP) is 1.96. The number of benzene rings is 1. The van der Waals surface area contributed by atoms with Gasteiger partial charge in [0, 0.05) is 57.6 Å². The molecule has 46 heavy (non-hydrogen) atoms. The van der Waals surface area contributed by atoms with Gasteiger partial charge in [-0.1, -0.05) is 5.21 Å². The van der Waals surface area contributed by atoms with Crippen LogP contribution in [0.1, 0.15) is 39.3 Å². The zero-order chi connectivity index (χ0) is 32.8. The topological polar surface area (TPSA) is 141 Å². The number of aromatic amines is 1. The highest BCUT2D eigenvalue weighted by molar-refractivity contribution is 6.07. The van der Waals surface area contributed by atoms with Crippen LogP contribution in [-0.4, -0.2) is 114 Å². The summed E-state index contributed by atoms with van der Waals surface area (Å²) in [5.41, 5.74) is -3.25. The summed E-state index contributed by atoms with van der Waals surface area (Å²) < 4.78 is 63.2. The first-order valence-electron chi connectivity index (χ1n) is 14.9. The Labute approximate surface area is 261 Å². The number of H-pyrrole nitrogens is 1. The van der Waals surface area contributed by atoms with Gasteiger partial charge in [-0.25, -0.2) is 9.07 Å². The Kier molecular flexibility index (Phi) is 10.3. The molecule has 4 heterocycles. The minimum atomic E-state index is -4.98. The number of halogens is 4. The number of ether oxygens (including phenoxy) is 1. The molecule has 0 radical (unpaired) electrons.